The van der Waals surface area contributed by atoms with Gasteiger partial charge in [0.2, 0.25) is 0 Å². The van der Waals surface area contributed by atoms with Gasteiger partial charge >= 0.3 is 0 Å². The van der Waals surface area contributed by atoms with Gasteiger partial charge in [-0.2, -0.15) is 0 Å². The van der Waals surface area contributed by atoms with Crippen molar-refractivity contribution in [2.24, 2.45) is 0 Å². The van der Waals surface area contributed by atoms with Gasteiger partial charge in [-0.1, -0.05) is 30.3 Å². The van der Waals surface area contributed by atoms with Crippen molar-refractivity contribution in [1.29, 1.82) is 0 Å². The average molecular weight is 404 g/mol. The van der Waals surface area contributed by atoms with Gasteiger partial charge in [0.15, 0.2) is 11.6 Å². The van der Waals surface area contributed by atoms with E-state index in [0.717, 1.165) is 5.56 Å². The van der Waals surface area contributed by atoms with Crippen molar-refractivity contribution in [1.82, 2.24) is 0 Å². The minimum absolute atomic E-state index is 0.132. The molecule has 0 heterocycles. The van der Waals surface area contributed by atoms with E-state index in [9.17, 15) is 8.78 Å². The maximum absolute atomic E-state index is 14.2. The second-order valence-corrected chi connectivity index (χ2v) is 6.39. The quantitative estimate of drug-likeness (QED) is 0.535. The number of ether oxygens (including phenoxy) is 1. The summed E-state index contributed by atoms with van der Waals surface area (Å²) in [6.07, 6.45) is 0. The summed E-state index contributed by atoms with van der Waals surface area (Å²) in [7, 11) is 0. The lowest BCUT2D eigenvalue weighted by Gasteiger charge is -2.14. The molecule has 25 heavy (non-hydrogen) atoms. The van der Waals surface area contributed by atoms with Crippen LogP contribution in [0.2, 0.25) is 0 Å². The van der Waals surface area contributed by atoms with Crippen LogP contribution in [-0.2, 0) is 6.61 Å². The van der Waals surface area contributed by atoms with E-state index in [2.05, 4.69) is 21.2 Å². The highest BCUT2D eigenvalue weighted by Gasteiger charge is 2.14. The van der Waals surface area contributed by atoms with E-state index in [0.29, 0.717) is 21.4 Å². The zero-order valence-electron chi connectivity index (χ0n) is 13.5. The first-order valence-corrected chi connectivity index (χ1v) is 8.52. The molecule has 2 nitrogen and oxygen atoms in total. The van der Waals surface area contributed by atoms with E-state index >= 15 is 0 Å². The molecule has 5 heteroatoms. The Balaban J connectivity index is 1.82. The molecule has 0 saturated heterocycles. The van der Waals surface area contributed by atoms with E-state index in [1.165, 1.54) is 12.1 Å². The lowest BCUT2D eigenvalue weighted by Crippen LogP contribution is -2.00. The molecule has 128 valence electrons. The fraction of sp³-hybridized carbons (Fsp3) is 0.100. The highest BCUT2D eigenvalue weighted by atomic mass is 79.9. The van der Waals surface area contributed by atoms with E-state index < -0.39 is 5.82 Å². The first-order valence-electron chi connectivity index (χ1n) is 7.72. The van der Waals surface area contributed by atoms with Crippen LogP contribution < -0.4 is 10.1 Å². The fourth-order valence-corrected chi connectivity index (χ4v) is 2.90. The van der Waals surface area contributed by atoms with Crippen LogP contribution in [0.4, 0.5) is 20.2 Å². The zero-order valence-corrected chi connectivity index (χ0v) is 15.1. The summed E-state index contributed by atoms with van der Waals surface area (Å²) in [5.74, 6) is -0.591. The van der Waals surface area contributed by atoms with Crippen molar-refractivity contribution in [3.8, 4) is 5.75 Å². The molecule has 0 fully saturated rings. The topological polar surface area (TPSA) is 21.3 Å². The molecule has 0 radical (unpaired) electrons. The second kappa shape index (κ2) is 7.66. The predicted octanol–water partition coefficient (Wildman–Crippen LogP) is 6.36. The van der Waals surface area contributed by atoms with Gasteiger partial charge in [-0.15, -0.1) is 0 Å². The maximum Gasteiger partial charge on any atom is 0.171 e. The van der Waals surface area contributed by atoms with Gasteiger partial charge < -0.3 is 10.1 Å². The van der Waals surface area contributed by atoms with Crippen LogP contribution in [0, 0.1) is 18.6 Å². The van der Waals surface area contributed by atoms with Crippen molar-refractivity contribution in [3.63, 3.8) is 0 Å². The summed E-state index contributed by atoms with van der Waals surface area (Å²) in [6, 6.07) is 17.2. The molecular formula is C20H16BrF2NO. The van der Waals surface area contributed by atoms with Crippen molar-refractivity contribution < 1.29 is 13.5 Å². The van der Waals surface area contributed by atoms with Gasteiger partial charge in [0.05, 0.1) is 10.2 Å². The average Bonchev–Trinajstić information content (AvgIpc) is 2.61. The van der Waals surface area contributed by atoms with Crippen molar-refractivity contribution >= 4 is 27.3 Å². The molecule has 0 spiro atoms. The van der Waals surface area contributed by atoms with Gasteiger partial charge in [-0.25, -0.2) is 8.78 Å². The number of aryl methyl sites for hydroxylation is 1. The van der Waals surface area contributed by atoms with Crippen LogP contribution in [0.1, 0.15) is 11.1 Å². The molecule has 0 saturated carbocycles. The summed E-state index contributed by atoms with van der Waals surface area (Å²) in [5.41, 5.74) is 2.82. The molecule has 3 aromatic carbocycles. The number of anilines is 2. The number of halogens is 3. The molecule has 0 aliphatic heterocycles. The zero-order chi connectivity index (χ0) is 17.8. The lowest BCUT2D eigenvalue weighted by molar-refractivity contribution is 0.288. The van der Waals surface area contributed by atoms with Gasteiger partial charge in [-0.05, 0) is 64.3 Å². The van der Waals surface area contributed by atoms with Gasteiger partial charge in [-0.3, -0.25) is 0 Å². The van der Waals surface area contributed by atoms with Gasteiger partial charge in [0, 0.05) is 5.69 Å². The molecule has 0 bridgehead atoms. The molecule has 0 aliphatic carbocycles. The maximum atomic E-state index is 14.2. The summed E-state index contributed by atoms with van der Waals surface area (Å²) >= 11 is 3.39. The Morgan fingerprint density at radius 1 is 0.960 bits per heavy atom. The monoisotopic (exact) mass is 403 g/mol. The molecule has 3 rings (SSSR count). The van der Waals surface area contributed by atoms with Crippen LogP contribution in [0.5, 0.6) is 5.75 Å². The Hall–Kier alpha value is -2.40. The summed E-state index contributed by atoms with van der Waals surface area (Å²) in [6.45, 7) is 1.95. The minimum Gasteiger partial charge on any atom is -0.485 e. The van der Waals surface area contributed by atoms with Crippen LogP contribution in [0.3, 0.4) is 0 Å². The molecule has 3 aromatic rings. The number of rotatable bonds is 5. The van der Waals surface area contributed by atoms with Crippen LogP contribution >= 0.6 is 15.9 Å². The Kier molecular flexibility index (Phi) is 5.34. The highest BCUT2D eigenvalue weighted by Crippen LogP contribution is 2.37. The van der Waals surface area contributed by atoms with Gasteiger partial charge in [0.25, 0.3) is 0 Å². The molecule has 0 amide bonds. The SMILES string of the molecule is Cc1cc(Nc2ccc(F)c(OCc3ccccc3)c2Br)ccc1F. The van der Waals surface area contributed by atoms with Crippen LogP contribution in [0.25, 0.3) is 0 Å². The molecule has 0 aromatic heterocycles. The third kappa shape index (κ3) is 4.17. The molecular weight excluding hydrogens is 388 g/mol. The van der Waals surface area contributed by atoms with Gasteiger partial charge in [0.1, 0.15) is 12.4 Å². The molecule has 0 atom stereocenters. The Bertz CT molecular complexity index is 884. The van der Waals surface area contributed by atoms with E-state index in [4.69, 9.17) is 4.74 Å². The van der Waals surface area contributed by atoms with Crippen LogP contribution in [-0.4, -0.2) is 0 Å². The fourth-order valence-electron chi connectivity index (χ4n) is 2.37. The van der Waals surface area contributed by atoms with E-state index in [-0.39, 0.29) is 18.2 Å². The molecule has 0 unspecified atom stereocenters. The number of nitrogens with one attached hydrogen (secondary N) is 1. The molecule has 0 aliphatic rings. The summed E-state index contributed by atoms with van der Waals surface area (Å²) in [4.78, 5) is 0. The highest BCUT2D eigenvalue weighted by molar-refractivity contribution is 9.10. The minimum atomic E-state index is -0.455. The van der Waals surface area contributed by atoms with Crippen molar-refractivity contribution in [2.45, 2.75) is 13.5 Å². The smallest absolute Gasteiger partial charge is 0.171 e. The predicted molar refractivity (Wildman–Crippen MR) is 99.3 cm³/mol. The summed E-state index contributed by atoms with van der Waals surface area (Å²) in [5, 5.41) is 3.15. The first-order chi connectivity index (χ1) is 12.0. The van der Waals surface area contributed by atoms with E-state index in [1.54, 1.807) is 25.1 Å². The van der Waals surface area contributed by atoms with E-state index in [1.807, 2.05) is 30.3 Å². The summed E-state index contributed by atoms with van der Waals surface area (Å²) < 4.78 is 33.7. The largest absolute Gasteiger partial charge is 0.485 e. The normalized spacial score (nSPS) is 10.6. The third-order valence-corrected chi connectivity index (χ3v) is 4.50. The lowest BCUT2D eigenvalue weighted by atomic mass is 10.2. The van der Waals surface area contributed by atoms with Crippen molar-refractivity contribution in [3.05, 3.63) is 87.9 Å². The van der Waals surface area contributed by atoms with Crippen LogP contribution in [0.15, 0.2) is 65.1 Å². The Morgan fingerprint density at radius 2 is 1.68 bits per heavy atom. The molecule has 1 N–H and O–H groups in total. The first kappa shape index (κ1) is 17.4. The third-order valence-electron chi connectivity index (χ3n) is 3.71. The second-order valence-electron chi connectivity index (χ2n) is 5.60. The van der Waals surface area contributed by atoms with Crippen molar-refractivity contribution in [2.75, 3.05) is 5.32 Å². The number of hydrogen-bond acceptors (Lipinski definition) is 2. The number of benzene rings is 3. The Morgan fingerprint density at radius 3 is 2.40 bits per heavy atom. The number of hydrogen-bond donors (Lipinski definition) is 1. The Labute approximate surface area is 153 Å². The standard InChI is InChI=1S/C20H16BrF2NO/c1-13-11-15(7-8-16(13)22)24-18-10-9-17(23)20(19(18)21)25-12-14-5-3-2-4-6-14/h2-11,24H,12H2,1H3.